The van der Waals surface area contributed by atoms with Crippen LogP contribution in [0.3, 0.4) is 0 Å². The van der Waals surface area contributed by atoms with Gasteiger partial charge in [0.2, 0.25) is 0 Å². The van der Waals surface area contributed by atoms with E-state index in [9.17, 15) is 14.9 Å². The van der Waals surface area contributed by atoms with Gasteiger partial charge in [0.1, 0.15) is 0 Å². The highest BCUT2D eigenvalue weighted by Gasteiger charge is 2.27. The number of hydrogen-bond acceptors (Lipinski definition) is 6. The molecule has 0 aromatic heterocycles. The molecule has 0 heterocycles. The summed E-state index contributed by atoms with van der Waals surface area (Å²) in [5.74, 6) is -1.04. The predicted molar refractivity (Wildman–Crippen MR) is 58.5 cm³/mol. The molecule has 90 valence electrons. The minimum atomic E-state index is -1.08. The number of nitro groups is 1. The average Bonchev–Trinajstić information content (AvgIpc) is 2.17. The smallest absolute Gasteiger partial charge is 0.333 e. The quantitative estimate of drug-likeness (QED) is 0.319. The number of carbonyl (C=O) groups excluding carboxylic acids is 1. The molecule has 0 atom stereocenters. The van der Waals surface area contributed by atoms with Crippen LogP contribution in [-0.2, 0) is 9.53 Å². The van der Waals surface area contributed by atoms with E-state index in [0.29, 0.717) is 0 Å². The van der Waals surface area contributed by atoms with E-state index in [1.807, 2.05) is 0 Å². The first-order valence-corrected chi connectivity index (χ1v) is 4.64. The van der Waals surface area contributed by atoms with Gasteiger partial charge in [-0.25, -0.2) is 4.79 Å². The van der Waals surface area contributed by atoms with Crippen LogP contribution in [0.2, 0.25) is 0 Å². The molecular weight excluding hydrogens is 214 g/mol. The molecule has 0 unspecified atom stereocenters. The van der Waals surface area contributed by atoms with Gasteiger partial charge in [0, 0.05) is 12.3 Å². The van der Waals surface area contributed by atoms with E-state index in [1.54, 1.807) is 6.92 Å². The number of ether oxygens (including phenoxy) is 1. The number of aliphatic imine (C=N–C) groups is 1. The van der Waals surface area contributed by atoms with Gasteiger partial charge in [-0.2, -0.15) is 0 Å². The molecule has 7 heteroatoms. The van der Waals surface area contributed by atoms with Crippen LogP contribution >= 0.6 is 0 Å². The zero-order valence-corrected chi connectivity index (χ0v) is 9.47. The molecule has 0 radical (unpaired) electrons. The largest absolute Gasteiger partial charge is 0.464 e. The van der Waals surface area contributed by atoms with Crippen molar-refractivity contribution in [1.82, 2.24) is 0 Å². The molecule has 0 saturated heterocycles. The summed E-state index contributed by atoms with van der Waals surface area (Å²) in [6, 6.07) is 0. The van der Waals surface area contributed by atoms with Crippen molar-refractivity contribution in [3.63, 3.8) is 0 Å². The van der Waals surface area contributed by atoms with E-state index < -0.39 is 22.3 Å². The van der Waals surface area contributed by atoms with Crippen molar-refractivity contribution in [2.24, 2.45) is 10.7 Å². The summed E-state index contributed by atoms with van der Waals surface area (Å²) in [7, 11) is 0. The molecule has 0 rings (SSSR count). The Balaban J connectivity index is 4.59. The third-order valence-corrected chi connectivity index (χ3v) is 1.63. The number of carbonyl (C=O) groups is 1. The van der Waals surface area contributed by atoms with Gasteiger partial charge in [-0.05, 0) is 25.7 Å². The van der Waals surface area contributed by atoms with E-state index in [0.717, 1.165) is 12.3 Å². The fourth-order valence-electron chi connectivity index (χ4n) is 0.721. The van der Waals surface area contributed by atoms with Crippen LogP contribution in [0.5, 0.6) is 0 Å². The molecule has 0 aliphatic carbocycles. The predicted octanol–water partition coefficient (Wildman–Crippen LogP) is 0.476. The molecule has 0 aliphatic heterocycles. The summed E-state index contributed by atoms with van der Waals surface area (Å²) >= 11 is 0. The summed E-state index contributed by atoms with van der Waals surface area (Å²) in [5, 5.41) is 10.2. The van der Waals surface area contributed by atoms with Gasteiger partial charge < -0.3 is 14.9 Å². The lowest BCUT2D eigenvalue weighted by Gasteiger charge is -2.16. The van der Waals surface area contributed by atoms with Gasteiger partial charge in [0.05, 0.1) is 6.61 Å². The number of rotatable bonds is 5. The third-order valence-electron chi connectivity index (χ3n) is 1.63. The Morgan fingerprint density at radius 3 is 2.62 bits per heavy atom. The number of nitrogens with zero attached hydrogens (tertiary/aromatic N) is 2. The Kier molecular flexibility index (Phi) is 5.14. The van der Waals surface area contributed by atoms with Crippen molar-refractivity contribution in [3.8, 4) is 0 Å². The summed E-state index contributed by atoms with van der Waals surface area (Å²) in [5.41, 5.74) is 3.96. The molecule has 0 aromatic rings. The Hall–Kier alpha value is -1.92. The minimum Gasteiger partial charge on any atom is -0.464 e. The van der Waals surface area contributed by atoms with E-state index in [4.69, 9.17) is 10.5 Å². The van der Waals surface area contributed by atoms with Crippen LogP contribution in [0.1, 0.15) is 20.8 Å². The lowest BCUT2D eigenvalue weighted by molar-refractivity contribution is -0.426. The summed E-state index contributed by atoms with van der Waals surface area (Å²) in [6.07, 6.45) is 2.13. The first kappa shape index (κ1) is 14.1. The molecule has 0 aliphatic rings. The third kappa shape index (κ3) is 4.54. The molecule has 2 N–H and O–H groups in total. The Morgan fingerprint density at radius 1 is 1.62 bits per heavy atom. The second-order valence-corrected chi connectivity index (χ2v) is 3.41. The maximum atomic E-state index is 11.4. The Morgan fingerprint density at radius 2 is 2.19 bits per heavy atom. The first-order valence-electron chi connectivity index (χ1n) is 4.64. The fraction of sp³-hybridized carbons (Fsp3) is 0.556. The molecule has 7 nitrogen and oxygen atoms in total. The summed E-state index contributed by atoms with van der Waals surface area (Å²) in [4.78, 5) is 24.6. The normalized spacial score (nSPS) is 12.8. The van der Waals surface area contributed by atoms with E-state index in [1.165, 1.54) is 13.8 Å². The molecule has 0 bridgehead atoms. The SMILES string of the molecule is CCOC(=O)C(C)(C)N=CC=C(N)[N+](=O)[O-]. The van der Waals surface area contributed by atoms with Crippen molar-refractivity contribution in [3.05, 3.63) is 22.0 Å². The summed E-state index contributed by atoms with van der Waals surface area (Å²) in [6.45, 7) is 5.02. The topological polar surface area (TPSA) is 108 Å². The highest BCUT2D eigenvalue weighted by molar-refractivity contribution is 5.83. The number of hydrogen-bond donors (Lipinski definition) is 1. The number of allylic oxidation sites excluding steroid dienone is 1. The van der Waals surface area contributed by atoms with Crippen molar-refractivity contribution < 1.29 is 14.5 Å². The van der Waals surface area contributed by atoms with Crippen molar-refractivity contribution in [2.75, 3.05) is 6.61 Å². The molecule has 0 amide bonds. The van der Waals surface area contributed by atoms with Gasteiger partial charge in [-0.15, -0.1) is 0 Å². The lowest BCUT2D eigenvalue weighted by Crippen LogP contribution is -2.31. The molecule has 16 heavy (non-hydrogen) atoms. The van der Waals surface area contributed by atoms with Crippen molar-refractivity contribution >= 4 is 12.2 Å². The maximum absolute atomic E-state index is 11.4. The van der Waals surface area contributed by atoms with Crippen LogP contribution in [0.15, 0.2) is 16.9 Å². The zero-order valence-electron chi connectivity index (χ0n) is 9.47. The van der Waals surface area contributed by atoms with Crippen molar-refractivity contribution in [2.45, 2.75) is 26.3 Å². The van der Waals surface area contributed by atoms with Gasteiger partial charge in [0.25, 0.3) is 0 Å². The van der Waals surface area contributed by atoms with E-state index in [2.05, 4.69) is 4.99 Å². The standard InChI is InChI=1S/C9H15N3O4/c1-4-16-8(13)9(2,3)11-6-5-7(10)12(14)15/h5-6H,4,10H2,1-3H3. The van der Waals surface area contributed by atoms with Gasteiger partial charge >= 0.3 is 11.8 Å². The first-order chi connectivity index (χ1) is 7.31. The number of esters is 1. The highest BCUT2D eigenvalue weighted by Crippen LogP contribution is 2.10. The summed E-state index contributed by atoms with van der Waals surface area (Å²) < 4.78 is 4.77. The molecule has 0 spiro atoms. The van der Waals surface area contributed by atoms with Crippen LogP contribution in [0.4, 0.5) is 0 Å². The molecule has 0 fully saturated rings. The van der Waals surface area contributed by atoms with Gasteiger partial charge in [-0.3, -0.25) is 10.7 Å². The van der Waals surface area contributed by atoms with Gasteiger partial charge in [0.15, 0.2) is 5.54 Å². The van der Waals surface area contributed by atoms with Crippen LogP contribution in [0.25, 0.3) is 0 Å². The average molecular weight is 229 g/mol. The maximum Gasteiger partial charge on any atom is 0.333 e. The van der Waals surface area contributed by atoms with Crippen LogP contribution < -0.4 is 5.73 Å². The monoisotopic (exact) mass is 229 g/mol. The molecule has 0 aromatic carbocycles. The van der Waals surface area contributed by atoms with Gasteiger partial charge in [-0.1, -0.05) is 0 Å². The van der Waals surface area contributed by atoms with Crippen molar-refractivity contribution in [1.29, 1.82) is 0 Å². The molecular formula is C9H15N3O4. The highest BCUT2D eigenvalue weighted by atomic mass is 16.6. The van der Waals surface area contributed by atoms with Crippen LogP contribution in [0, 0.1) is 10.1 Å². The van der Waals surface area contributed by atoms with E-state index >= 15 is 0 Å². The molecule has 0 saturated carbocycles. The Labute approximate surface area is 93.1 Å². The number of nitrogens with two attached hydrogens (primary N) is 1. The minimum absolute atomic E-state index is 0.255. The zero-order chi connectivity index (χ0) is 12.8. The van der Waals surface area contributed by atoms with Crippen LogP contribution in [-0.4, -0.2) is 29.3 Å². The second kappa shape index (κ2) is 5.84. The lowest BCUT2D eigenvalue weighted by atomic mass is 10.1. The second-order valence-electron chi connectivity index (χ2n) is 3.41. The van der Waals surface area contributed by atoms with E-state index in [-0.39, 0.29) is 6.61 Å². The fourth-order valence-corrected chi connectivity index (χ4v) is 0.721. The Bertz CT molecular complexity index is 334.